The van der Waals surface area contributed by atoms with E-state index in [-0.39, 0.29) is 6.17 Å². The van der Waals surface area contributed by atoms with Crippen molar-refractivity contribution in [3.8, 4) is 0 Å². The lowest BCUT2D eigenvalue weighted by Gasteiger charge is -2.24. The van der Waals surface area contributed by atoms with Gasteiger partial charge in [-0.05, 0) is 95.6 Å². The van der Waals surface area contributed by atoms with Crippen molar-refractivity contribution in [1.82, 2.24) is 15.1 Å². The maximum atomic E-state index is 6.37. The molecule has 0 spiro atoms. The van der Waals surface area contributed by atoms with Crippen LogP contribution in [-0.2, 0) is 0 Å². The van der Waals surface area contributed by atoms with Crippen molar-refractivity contribution in [3.05, 3.63) is 29.8 Å². The van der Waals surface area contributed by atoms with Gasteiger partial charge in [0.1, 0.15) is 0 Å². The summed E-state index contributed by atoms with van der Waals surface area (Å²) in [5.74, 6) is 0. The van der Waals surface area contributed by atoms with E-state index in [9.17, 15) is 0 Å². The monoisotopic (exact) mass is 419 g/mol. The maximum Gasteiger partial charge on any atom is 0.0810 e. The molecule has 30 heavy (non-hydrogen) atoms. The summed E-state index contributed by atoms with van der Waals surface area (Å²) in [6, 6.07) is 8.73. The largest absolute Gasteiger partial charge is 0.375 e. The zero-order valence-electron chi connectivity index (χ0n) is 20.5. The van der Waals surface area contributed by atoms with E-state index in [0.29, 0.717) is 0 Å². The SMILES string of the molecule is CCCN(CC)CCCN(C)c1ccc(C(N)NCCCN(CCC)CCC)cc1. The van der Waals surface area contributed by atoms with Crippen molar-refractivity contribution in [2.45, 2.75) is 66.0 Å². The quantitative estimate of drug-likeness (QED) is 0.274. The van der Waals surface area contributed by atoms with E-state index in [1.165, 1.54) is 57.5 Å². The number of hydrogen-bond donors (Lipinski definition) is 2. The van der Waals surface area contributed by atoms with E-state index in [1.807, 2.05) is 0 Å². The normalized spacial score (nSPS) is 12.7. The van der Waals surface area contributed by atoms with Crippen LogP contribution in [0.15, 0.2) is 24.3 Å². The molecule has 1 atom stereocenters. The molecule has 0 amide bonds. The fraction of sp³-hybridized carbons (Fsp3) is 0.760. The summed E-state index contributed by atoms with van der Waals surface area (Å²) in [6.07, 6.45) is 5.92. The van der Waals surface area contributed by atoms with Crippen LogP contribution in [-0.4, -0.2) is 69.2 Å². The van der Waals surface area contributed by atoms with Gasteiger partial charge in [0.2, 0.25) is 0 Å². The topological polar surface area (TPSA) is 47.8 Å². The third-order valence-electron chi connectivity index (χ3n) is 5.74. The van der Waals surface area contributed by atoms with Crippen LogP contribution in [0.2, 0.25) is 0 Å². The van der Waals surface area contributed by atoms with Gasteiger partial charge in [0.25, 0.3) is 0 Å². The van der Waals surface area contributed by atoms with Gasteiger partial charge >= 0.3 is 0 Å². The summed E-state index contributed by atoms with van der Waals surface area (Å²) < 4.78 is 0. The molecule has 1 rings (SSSR count). The lowest BCUT2D eigenvalue weighted by atomic mass is 10.1. The molecule has 0 saturated heterocycles. The van der Waals surface area contributed by atoms with E-state index >= 15 is 0 Å². The second kappa shape index (κ2) is 16.5. The number of anilines is 1. The van der Waals surface area contributed by atoms with E-state index in [2.05, 4.69) is 79.0 Å². The summed E-state index contributed by atoms with van der Waals surface area (Å²) >= 11 is 0. The molecule has 0 saturated carbocycles. The van der Waals surface area contributed by atoms with Crippen LogP contribution in [0.5, 0.6) is 0 Å². The summed E-state index contributed by atoms with van der Waals surface area (Å²) in [7, 11) is 2.18. The predicted octanol–water partition coefficient (Wildman–Crippen LogP) is 4.30. The minimum Gasteiger partial charge on any atom is -0.375 e. The molecule has 0 aliphatic carbocycles. The summed E-state index contributed by atoms with van der Waals surface area (Å²) in [4.78, 5) is 7.43. The van der Waals surface area contributed by atoms with Crippen LogP contribution in [0.1, 0.15) is 71.5 Å². The lowest BCUT2D eigenvalue weighted by Crippen LogP contribution is -2.33. The van der Waals surface area contributed by atoms with Crippen molar-refractivity contribution >= 4 is 5.69 Å². The van der Waals surface area contributed by atoms with Gasteiger partial charge in [-0.1, -0.05) is 39.8 Å². The average Bonchev–Trinajstić information content (AvgIpc) is 2.76. The second-order valence-electron chi connectivity index (χ2n) is 8.43. The molecule has 0 heterocycles. The van der Waals surface area contributed by atoms with E-state index in [0.717, 1.165) is 38.2 Å². The van der Waals surface area contributed by atoms with Gasteiger partial charge in [-0.3, -0.25) is 5.32 Å². The van der Waals surface area contributed by atoms with Crippen LogP contribution in [0.3, 0.4) is 0 Å². The zero-order chi connectivity index (χ0) is 22.2. The fourth-order valence-electron chi connectivity index (χ4n) is 3.99. The minimum absolute atomic E-state index is 0.0951. The van der Waals surface area contributed by atoms with Crippen molar-refractivity contribution in [3.63, 3.8) is 0 Å². The Morgan fingerprint density at radius 3 is 1.90 bits per heavy atom. The Morgan fingerprint density at radius 1 is 0.767 bits per heavy atom. The van der Waals surface area contributed by atoms with Crippen molar-refractivity contribution in [1.29, 1.82) is 0 Å². The zero-order valence-corrected chi connectivity index (χ0v) is 20.5. The average molecular weight is 420 g/mol. The predicted molar refractivity (Wildman–Crippen MR) is 133 cm³/mol. The maximum absolute atomic E-state index is 6.37. The van der Waals surface area contributed by atoms with Gasteiger partial charge in [-0.15, -0.1) is 0 Å². The third kappa shape index (κ3) is 10.8. The molecule has 1 aromatic carbocycles. The molecule has 0 aliphatic rings. The van der Waals surface area contributed by atoms with Crippen molar-refractivity contribution < 1.29 is 0 Å². The molecule has 5 heteroatoms. The van der Waals surface area contributed by atoms with Gasteiger partial charge in [0, 0.05) is 19.3 Å². The highest BCUT2D eigenvalue weighted by Crippen LogP contribution is 2.17. The number of nitrogens with zero attached hydrogens (tertiary/aromatic N) is 3. The highest BCUT2D eigenvalue weighted by molar-refractivity contribution is 5.47. The lowest BCUT2D eigenvalue weighted by molar-refractivity contribution is 0.268. The molecule has 0 aromatic heterocycles. The molecule has 1 unspecified atom stereocenters. The first-order valence-corrected chi connectivity index (χ1v) is 12.3. The number of hydrogen-bond acceptors (Lipinski definition) is 5. The van der Waals surface area contributed by atoms with Crippen molar-refractivity contribution in [2.24, 2.45) is 5.73 Å². The molecule has 3 N–H and O–H groups in total. The first kappa shape index (κ1) is 26.9. The van der Waals surface area contributed by atoms with Crippen LogP contribution >= 0.6 is 0 Å². The Morgan fingerprint density at radius 2 is 1.33 bits per heavy atom. The standard InChI is InChI=1S/C25H49N5/c1-6-17-29(9-4)22-11-20-28(5)24-14-12-23(13-15-24)25(26)27-16-10-21-30(18-7-2)19-8-3/h12-15,25,27H,6-11,16-22,26H2,1-5H3. The molecule has 1 aromatic rings. The molecular weight excluding hydrogens is 370 g/mol. The van der Waals surface area contributed by atoms with E-state index in [4.69, 9.17) is 5.73 Å². The van der Waals surface area contributed by atoms with Gasteiger partial charge in [0.05, 0.1) is 6.17 Å². The molecule has 0 aliphatic heterocycles. The Bertz CT molecular complexity index is 513. The second-order valence-corrected chi connectivity index (χ2v) is 8.43. The highest BCUT2D eigenvalue weighted by Gasteiger charge is 2.08. The Labute approximate surface area is 187 Å². The molecular formula is C25H49N5. The van der Waals surface area contributed by atoms with Gasteiger partial charge in [-0.2, -0.15) is 0 Å². The number of rotatable bonds is 18. The van der Waals surface area contributed by atoms with Gasteiger partial charge < -0.3 is 20.4 Å². The summed E-state index contributed by atoms with van der Waals surface area (Å²) in [5.41, 5.74) is 8.79. The van der Waals surface area contributed by atoms with Gasteiger partial charge in [-0.25, -0.2) is 0 Å². The van der Waals surface area contributed by atoms with Gasteiger partial charge in [0.15, 0.2) is 0 Å². The third-order valence-corrected chi connectivity index (χ3v) is 5.74. The summed E-state index contributed by atoms with van der Waals surface area (Å²) in [6.45, 7) is 18.1. The van der Waals surface area contributed by atoms with Crippen LogP contribution in [0.4, 0.5) is 5.69 Å². The summed E-state index contributed by atoms with van der Waals surface area (Å²) in [5, 5.41) is 3.48. The molecule has 174 valence electrons. The first-order chi connectivity index (χ1) is 14.5. The van der Waals surface area contributed by atoms with E-state index < -0.39 is 0 Å². The van der Waals surface area contributed by atoms with Crippen LogP contribution in [0, 0.1) is 0 Å². The first-order valence-electron chi connectivity index (χ1n) is 12.3. The molecule has 0 radical (unpaired) electrons. The Balaban J connectivity index is 2.36. The fourth-order valence-corrected chi connectivity index (χ4v) is 3.99. The molecule has 5 nitrogen and oxygen atoms in total. The molecule has 0 fully saturated rings. The van der Waals surface area contributed by atoms with E-state index in [1.54, 1.807) is 0 Å². The number of nitrogens with two attached hydrogens (primary N) is 1. The number of nitrogens with one attached hydrogen (secondary N) is 1. The number of benzene rings is 1. The molecule has 0 bridgehead atoms. The van der Waals surface area contributed by atoms with Crippen molar-refractivity contribution in [2.75, 3.05) is 64.3 Å². The van der Waals surface area contributed by atoms with Crippen LogP contribution in [0.25, 0.3) is 0 Å². The van der Waals surface area contributed by atoms with Crippen LogP contribution < -0.4 is 16.0 Å². The Hall–Kier alpha value is -1.14. The highest BCUT2D eigenvalue weighted by atomic mass is 15.1. The Kier molecular flexibility index (Phi) is 14.8. The minimum atomic E-state index is -0.0951. The smallest absolute Gasteiger partial charge is 0.0810 e.